The Morgan fingerprint density at radius 2 is 1.88 bits per heavy atom. The molecule has 0 bridgehead atoms. The lowest BCUT2D eigenvalue weighted by Gasteiger charge is -2.22. The summed E-state index contributed by atoms with van der Waals surface area (Å²) in [5, 5.41) is 20.5. The number of hydrogen-bond acceptors (Lipinski definition) is 8. The summed E-state index contributed by atoms with van der Waals surface area (Å²) in [6, 6.07) is 11.6. The van der Waals surface area contributed by atoms with E-state index in [1.165, 1.54) is 16.2 Å². The van der Waals surface area contributed by atoms with Crippen LogP contribution in [0.15, 0.2) is 54.2 Å². The molecule has 9 nitrogen and oxygen atoms in total. The molecule has 1 amide bonds. The van der Waals surface area contributed by atoms with Gasteiger partial charge in [-0.05, 0) is 50.6 Å². The van der Waals surface area contributed by atoms with Gasteiger partial charge < -0.3 is 9.84 Å². The number of anilines is 1. The van der Waals surface area contributed by atoms with Crippen molar-refractivity contribution in [2.45, 2.75) is 26.8 Å². The van der Waals surface area contributed by atoms with Crippen molar-refractivity contribution >= 4 is 39.6 Å². The maximum atomic E-state index is 13.3. The fraction of sp³-hybridized carbons (Fsp3) is 0.208. The first kappa shape index (κ1) is 21.8. The number of benzene rings is 1. The van der Waals surface area contributed by atoms with Gasteiger partial charge in [0.05, 0.1) is 23.9 Å². The van der Waals surface area contributed by atoms with Crippen LogP contribution in [0.25, 0.3) is 11.4 Å². The van der Waals surface area contributed by atoms with Crippen LogP contribution in [0.2, 0.25) is 0 Å². The number of ketones is 1. The third-order valence-electron chi connectivity index (χ3n) is 5.60. The molecule has 0 radical (unpaired) electrons. The van der Waals surface area contributed by atoms with Crippen molar-refractivity contribution in [1.29, 1.82) is 0 Å². The minimum absolute atomic E-state index is 0.0317. The van der Waals surface area contributed by atoms with E-state index in [-0.39, 0.29) is 16.5 Å². The average Bonchev–Trinajstić information content (AvgIpc) is 3.47. The van der Waals surface area contributed by atoms with E-state index in [0.29, 0.717) is 40.0 Å². The highest BCUT2D eigenvalue weighted by molar-refractivity contribution is 7.15. The Bertz CT molecular complexity index is 1450. The molecule has 172 valence electrons. The second-order valence-electron chi connectivity index (χ2n) is 7.75. The third kappa shape index (κ3) is 3.43. The molecule has 0 spiro atoms. The largest absolute Gasteiger partial charge is 0.505 e. The van der Waals surface area contributed by atoms with Gasteiger partial charge in [-0.15, -0.1) is 10.2 Å². The van der Waals surface area contributed by atoms with E-state index in [1.807, 2.05) is 13.0 Å². The molecule has 34 heavy (non-hydrogen) atoms. The van der Waals surface area contributed by atoms with Gasteiger partial charge >= 0.3 is 5.91 Å². The van der Waals surface area contributed by atoms with Gasteiger partial charge in [-0.25, -0.2) is 4.98 Å². The van der Waals surface area contributed by atoms with E-state index in [9.17, 15) is 14.7 Å². The maximum Gasteiger partial charge on any atom is 0.301 e. The van der Waals surface area contributed by atoms with Gasteiger partial charge in [-0.1, -0.05) is 29.5 Å². The van der Waals surface area contributed by atoms with E-state index in [4.69, 9.17) is 4.74 Å². The Morgan fingerprint density at radius 3 is 2.56 bits per heavy atom. The van der Waals surface area contributed by atoms with Gasteiger partial charge in [-0.2, -0.15) is 0 Å². The molecule has 4 aromatic rings. The molecule has 1 atom stereocenters. The normalized spacial score (nSPS) is 17.6. The zero-order chi connectivity index (χ0) is 24.0. The summed E-state index contributed by atoms with van der Waals surface area (Å²) in [5.74, 6) is -1.21. The van der Waals surface area contributed by atoms with Crippen LogP contribution in [0.1, 0.15) is 34.9 Å². The molecule has 0 aliphatic carbocycles. The zero-order valence-electron chi connectivity index (χ0n) is 18.7. The first-order chi connectivity index (χ1) is 16.4. The number of rotatable bonds is 5. The molecule has 1 unspecified atom stereocenters. The maximum absolute atomic E-state index is 13.3. The van der Waals surface area contributed by atoms with Gasteiger partial charge in [0.25, 0.3) is 5.78 Å². The average molecular weight is 476 g/mol. The molecule has 4 heterocycles. The molecule has 1 aromatic carbocycles. The summed E-state index contributed by atoms with van der Waals surface area (Å²) >= 11 is 1.20. The number of carbonyl (C=O) groups excluding carboxylic acids is 2. The highest BCUT2D eigenvalue weighted by atomic mass is 32.1. The van der Waals surface area contributed by atoms with Gasteiger partial charge in [0.1, 0.15) is 22.1 Å². The number of fused-ring (bicyclic) bond motifs is 1. The first-order valence-electron chi connectivity index (χ1n) is 10.7. The van der Waals surface area contributed by atoms with Crippen LogP contribution < -0.4 is 9.64 Å². The number of pyridine rings is 1. The quantitative estimate of drug-likeness (QED) is 0.265. The minimum Gasteiger partial charge on any atom is -0.505 e. The number of aryl methyl sites for hydroxylation is 2. The van der Waals surface area contributed by atoms with Crippen LogP contribution in [0.4, 0.5) is 5.13 Å². The first-order valence-corrected chi connectivity index (χ1v) is 11.5. The molecule has 10 heteroatoms. The molecule has 1 aliphatic heterocycles. The number of aliphatic hydroxyl groups is 1. The summed E-state index contributed by atoms with van der Waals surface area (Å²) in [5.41, 5.74) is 2.11. The molecule has 3 aromatic heterocycles. The highest BCUT2D eigenvalue weighted by Gasteiger charge is 2.48. The standard InChI is InChI=1S/C24H21N5O4S/c1-4-33-16-10-8-15(9-11-16)20-18(22(31)23(32)29(20)24-27-26-14(3)34-24)21(30)19-13(2)25-17-7-5-6-12-28(17)19/h5-12,20,30H,4H2,1-3H3/b21-18+. The van der Waals surface area contributed by atoms with E-state index in [1.54, 1.807) is 60.8 Å². The Labute approximate surface area is 199 Å². The molecular formula is C24H21N5O4S. The van der Waals surface area contributed by atoms with Crippen LogP contribution in [-0.4, -0.2) is 43.0 Å². The lowest BCUT2D eigenvalue weighted by Crippen LogP contribution is -2.29. The van der Waals surface area contributed by atoms with Gasteiger partial charge in [-0.3, -0.25) is 18.9 Å². The second-order valence-corrected chi connectivity index (χ2v) is 8.91. The predicted octanol–water partition coefficient (Wildman–Crippen LogP) is 3.83. The summed E-state index contributed by atoms with van der Waals surface area (Å²) < 4.78 is 7.23. The number of amides is 1. The lowest BCUT2D eigenvalue weighted by molar-refractivity contribution is -0.132. The smallest absolute Gasteiger partial charge is 0.301 e. The molecule has 5 rings (SSSR count). The number of aliphatic hydroxyl groups excluding tert-OH is 1. The number of Topliss-reactive ketones (excluding diaryl/α,β-unsaturated/α-hetero) is 1. The van der Waals surface area contributed by atoms with Crippen LogP contribution in [0.3, 0.4) is 0 Å². The van der Waals surface area contributed by atoms with Gasteiger partial charge in [0, 0.05) is 6.20 Å². The van der Waals surface area contributed by atoms with Crippen LogP contribution in [0, 0.1) is 13.8 Å². The topological polar surface area (TPSA) is 110 Å². The zero-order valence-corrected chi connectivity index (χ0v) is 19.5. The molecule has 0 saturated carbocycles. The molecule has 1 aliphatic rings. The Hall–Kier alpha value is -4.05. The monoisotopic (exact) mass is 475 g/mol. The summed E-state index contributed by atoms with van der Waals surface area (Å²) in [7, 11) is 0. The van der Waals surface area contributed by atoms with Crippen LogP contribution in [-0.2, 0) is 9.59 Å². The molecule has 1 N–H and O–H groups in total. The van der Waals surface area contributed by atoms with Crippen molar-refractivity contribution < 1.29 is 19.4 Å². The summed E-state index contributed by atoms with van der Waals surface area (Å²) in [4.78, 5) is 32.3. The Morgan fingerprint density at radius 1 is 1.12 bits per heavy atom. The Kier molecular flexibility index (Phi) is 5.37. The van der Waals surface area contributed by atoms with Crippen molar-refractivity contribution in [3.63, 3.8) is 0 Å². The van der Waals surface area contributed by atoms with Gasteiger partial charge in [0.15, 0.2) is 5.76 Å². The van der Waals surface area contributed by atoms with Crippen molar-refractivity contribution in [2.75, 3.05) is 11.5 Å². The fourth-order valence-electron chi connectivity index (χ4n) is 4.17. The van der Waals surface area contributed by atoms with E-state index >= 15 is 0 Å². The van der Waals surface area contributed by atoms with Crippen LogP contribution in [0.5, 0.6) is 5.75 Å². The number of ether oxygens (including phenoxy) is 1. The summed E-state index contributed by atoms with van der Waals surface area (Å²) in [6.45, 7) is 5.91. The molecule has 1 saturated heterocycles. The minimum atomic E-state index is -0.892. The molecular weight excluding hydrogens is 454 g/mol. The number of aromatic nitrogens is 4. The number of nitrogens with zero attached hydrogens (tertiary/aromatic N) is 5. The second kappa shape index (κ2) is 8.38. The van der Waals surface area contributed by atoms with E-state index < -0.39 is 17.7 Å². The highest BCUT2D eigenvalue weighted by Crippen LogP contribution is 2.43. The van der Waals surface area contributed by atoms with E-state index in [0.717, 1.165) is 0 Å². The number of hydrogen-bond donors (Lipinski definition) is 1. The van der Waals surface area contributed by atoms with Crippen molar-refractivity contribution in [3.05, 3.63) is 76.2 Å². The Balaban J connectivity index is 1.74. The number of carbonyl (C=O) groups is 2. The molecule has 1 fully saturated rings. The third-order valence-corrected chi connectivity index (χ3v) is 6.44. The lowest BCUT2D eigenvalue weighted by atomic mass is 9.96. The number of imidazole rings is 1. The summed E-state index contributed by atoms with van der Waals surface area (Å²) in [6.07, 6.45) is 1.75. The van der Waals surface area contributed by atoms with E-state index in [2.05, 4.69) is 15.2 Å². The SMILES string of the molecule is CCOc1ccc(C2/C(=C(\O)c3c(C)nc4ccccn34)C(=O)C(=O)N2c2nnc(C)s2)cc1. The van der Waals surface area contributed by atoms with Gasteiger partial charge in [0.2, 0.25) is 5.13 Å². The van der Waals surface area contributed by atoms with Crippen molar-refractivity contribution in [3.8, 4) is 5.75 Å². The van der Waals surface area contributed by atoms with Crippen LogP contribution >= 0.6 is 11.3 Å². The fourth-order valence-corrected chi connectivity index (χ4v) is 4.88. The van der Waals surface area contributed by atoms with Crippen molar-refractivity contribution in [1.82, 2.24) is 19.6 Å². The van der Waals surface area contributed by atoms with Crippen molar-refractivity contribution in [2.24, 2.45) is 0 Å². The predicted molar refractivity (Wildman–Crippen MR) is 127 cm³/mol.